The lowest BCUT2D eigenvalue weighted by atomic mass is 10.1. The van der Waals surface area contributed by atoms with Crippen LogP contribution in [0.25, 0.3) is 0 Å². The summed E-state index contributed by atoms with van der Waals surface area (Å²) in [5, 5.41) is 5.80. The number of benzene rings is 1. The van der Waals surface area contributed by atoms with Gasteiger partial charge >= 0.3 is 0 Å². The standard InChI is InChI=1S/C15H23N3O3S/c1-12-3-4-14(11-13(12)2)15(19)17-7-10-22(20,21)18-8-5-16-6-9-18/h3-4,11,16H,5-10H2,1-2H3,(H,17,19). The maximum absolute atomic E-state index is 12.1. The lowest BCUT2D eigenvalue weighted by molar-refractivity contribution is 0.0956. The van der Waals surface area contributed by atoms with Gasteiger partial charge in [0.2, 0.25) is 10.0 Å². The summed E-state index contributed by atoms with van der Waals surface area (Å²) in [4.78, 5) is 12.0. The van der Waals surface area contributed by atoms with Crippen molar-refractivity contribution in [2.75, 3.05) is 38.5 Å². The number of hydrogen-bond donors (Lipinski definition) is 2. The molecule has 2 N–H and O–H groups in total. The molecule has 1 heterocycles. The van der Waals surface area contributed by atoms with Gasteiger partial charge in [-0.05, 0) is 37.1 Å². The quantitative estimate of drug-likeness (QED) is 0.814. The van der Waals surface area contributed by atoms with Crippen LogP contribution >= 0.6 is 0 Å². The fourth-order valence-electron chi connectivity index (χ4n) is 2.33. The van der Waals surface area contributed by atoms with Gasteiger partial charge in [-0.15, -0.1) is 0 Å². The molecule has 22 heavy (non-hydrogen) atoms. The minimum atomic E-state index is -3.30. The third-order valence-electron chi connectivity index (χ3n) is 3.88. The van der Waals surface area contributed by atoms with E-state index in [-0.39, 0.29) is 18.2 Å². The molecule has 0 saturated carbocycles. The van der Waals surface area contributed by atoms with Crippen molar-refractivity contribution in [1.29, 1.82) is 0 Å². The van der Waals surface area contributed by atoms with E-state index in [9.17, 15) is 13.2 Å². The summed E-state index contributed by atoms with van der Waals surface area (Å²) < 4.78 is 25.8. The van der Waals surface area contributed by atoms with Crippen LogP contribution in [-0.4, -0.2) is 57.1 Å². The molecule has 2 rings (SSSR count). The van der Waals surface area contributed by atoms with Crippen LogP contribution in [0.3, 0.4) is 0 Å². The Morgan fingerprint density at radius 3 is 2.55 bits per heavy atom. The molecule has 0 aromatic heterocycles. The van der Waals surface area contributed by atoms with E-state index in [2.05, 4.69) is 10.6 Å². The fraction of sp³-hybridized carbons (Fsp3) is 0.533. The molecule has 122 valence electrons. The summed E-state index contributed by atoms with van der Waals surface area (Å²) in [5.41, 5.74) is 2.72. The highest BCUT2D eigenvalue weighted by Crippen LogP contribution is 2.09. The minimum absolute atomic E-state index is 0.0659. The molecule has 1 aliphatic heterocycles. The van der Waals surface area contributed by atoms with Gasteiger partial charge in [-0.25, -0.2) is 8.42 Å². The highest BCUT2D eigenvalue weighted by molar-refractivity contribution is 7.89. The minimum Gasteiger partial charge on any atom is -0.351 e. The van der Waals surface area contributed by atoms with Crippen LogP contribution in [0, 0.1) is 13.8 Å². The highest BCUT2D eigenvalue weighted by Gasteiger charge is 2.23. The second-order valence-corrected chi connectivity index (χ2v) is 7.61. The number of nitrogens with one attached hydrogen (secondary N) is 2. The van der Waals surface area contributed by atoms with Gasteiger partial charge in [-0.2, -0.15) is 4.31 Å². The first-order chi connectivity index (χ1) is 10.4. The smallest absolute Gasteiger partial charge is 0.251 e. The molecule has 0 atom stereocenters. The van der Waals surface area contributed by atoms with Gasteiger partial charge in [0.1, 0.15) is 0 Å². The number of aryl methyl sites for hydroxylation is 2. The third kappa shape index (κ3) is 4.28. The maximum Gasteiger partial charge on any atom is 0.251 e. The molecule has 1 aromatic rings. The van der Waals surface area contributed by atoms with Crippen LogP contribution in [0.4, 0.5) is 0 Å². The van der Waals surface area contributed by atoms with Crippen molar-refractivity contribution in [2.24, 2.45) is 0 Å². The molecule has 7 heteroatoms. The number of hydrogen-bond acceptors (Lipinski definition) is 4. The zero-order valence-corrected chi connectivity index (χ0v) is 13.9. The molecule has 0 spiro atoms. The van der Waals surface area contributed by atoms with Gasteiger partial charge in [-0.1, -0.05) is 6.07 Å². The van der Waals surface area contributed by atoms with E-state index < -0.39 is 10.0 Å². The number of carbonyl (C=O) groups is 1. The number of carbonyl (C=O) groups excluding carboxylic acids is 1. The van der Waals surface area contributed by atoms with Crippen LogP contribution in [0.5, 0.6) is 0 Å². The van der Waals surface area contributed by atoms with E-state index >= 15 is 0 Å². The van der Waals surface area contributed by atoms with Crippen molar-refractivity contribution >= 4 is 15.9 Å². The average Bonchev–Trinajstić information content (AvgIpc) is 2.50. The van der Waals surface area contributed by atoms with Gasteiger partial charge in [0.15, 0.2) is 0 Å². The van der Waals surface area contributed by atoms with Gasteiger partial charge in [0, 0.05) is 38.3 Å². The van der Waals surface area contributed by atoms with Crippen molar-refractivity contribution in [3.8, 4) is 0 Å². The Kier molecular flexibility index (Phi) is 5.55. The van der Waals surface area contributed by atoms with Gasteiger partial charge in [0.05, 0.1) is 5.75 Å². The van der Waals surface area contributed by atoms with E-state index in [0.29, 0.717) is 31.7 Å². The number of piperazine rings is 1. The summed E-state index contributed by atoms with van der Waals surface area (Å²) in [6, 6.07) is 5.46. The van der Waals surface area contributed by atoms with Gasteiger partial charge < -0.3 is 10.6 Å². The average molecular weight is 325 g/mol. The van der Waals surface area contributed by atoms with Crippen molar-refractivity contribution in [3.05, 3.63) is 34.9 Å². The van der Waals surface area contributed by atoms with Crippen molar-refractivity contribution in [2.45, 2.75) is 13.8 Å². The summed E-state index contributed by atoms with van der Waals surface area (Å²) in [6.07, 6.45) is 0. The van der Waals surface area contributed by atoms with E-state index in [1.54, 1.807) is 6.07 Å². The zero-order valence-electron chi connectivity index (χ0n) is 13.1. The molecule has 1 fully saturated rings. The third-order valence-corrected chi connectivity index (χ3v) is 5.76. The monoisotopic (exact) mass is 325 g/mol. The molecule has 0 bridgehead atoms. The Hall–Kier alpha value is -1.44. The van der Waals surface area contributed by atoms with Crippen LogP contribution in [0.1, 0.15) is 21.5 Å². The topological polar surface area (TPSA) is 78.5 Å². The van der Waals surface area contributed by atoms with Crippen molar-refractivity contribution in [3.63, 3.8) is 0 Å². The fourth-order valence-corrected chi connectivity index (χ4v) is 3.69. The highest BCUT2D eigenvalue weighted by atomic mass is 32.2. The molecule has 0 unspecified atom stereocenters. The van der Waals surface area contributed by atoms with Gasteiger partial charge in [0.25, 0.3) is 5.91 Å². The Labute approximate surface area is 131 Å². The molecule has 1 aliphatic rings. The Balaban J connectivity index is 1.87. The Bertz CT molecular complexity index is 637. The van der Waals surface area contributed by atoms with Crippen molar-refractivity contribution in [1.82, 2.24) is 14.9 Å². The van der Waals surface area contributed by atoms with Crippen LogP contribution < -0.4 is 10.6 Å². The number of rotatable bonds is 5. The molecule has 0 aliphatic carbocycles. The molecular weight excluding hydrogens is 302 g/mol. The summed E-state index contributed by atoms with van der Waals surface area (Å²) >= 11 is 0. The summed E-state index contributed by atoms with van der Waals surface area (Å²) in [7, 11) is -3.30. The summed E-state index contributed by atoms with van der Waals surface area (Å²) in [5.74, 6) is -0.303. The molecule has 6 nitrogen and oxygen atoms in total. The lowest BCUT2D eigenvalue weighted by Crippen LogP contribution is -2.48. The SMILES string of the molecule is Cc1ccc(C(=O)NCCS(=O)(=O)N2CCNCC2)cc1C. The molecule has 1 amide bonds. The van der Waals surface area contributed by atoms with E-state index in [1.807, 2.05) is 26.0 Å². The molecule has 1 aromatic carbocycles. The number of nitrogens with zero attached hydrogens (tertiary/aromatic N) is 1. The number of sulfonamides is 1. The largest absolute Gasteiger partial charge is 0.351 e. The zero-order chi connectivity index (χ0) is 16.2. The predicted octanol–water partition coefficient (Wildman–Crippen LogP) is 0.268. The second-order valence-electron chi connectivity index (χ2n) is 5.52. The van der Waals surface area contributed by atoms with Crippen LogP contribution in [-0.2, 0) is 10.0 Å². The first-order valence-corrected chi connectivity index (χ1v) is 9.05. The Morgan fingerprint density at radius 1 is 1.23 bits per heavy atom. The number of amides is 1. The molecule has 1 saturated heterocycles. The lowest BCUT2D eigenvalue weighted by Gasteiger charge is -2.26. The van der Waals surface area contributed by atoms with Gasteiger partial charge in [-0.3, -0.25) is 4.79 Å². The van der Waals surface area contributed by atoms with Crippen LogP contribution in [0.2, 0.25) is 0 Å². The Morgan fingerprint density at radius 2 is 1.91 bits per heavy atom. The van der Waals surface area contributed by atoms with E-state index in [4.69, 9.17) is 0 Å². The second kappa shape index (κ2) is 7.21. The first kappa shape index (κ1) is 16.9. The van der Waals surface area contributed by atoms with E-state index in [1.165, 1.54) is 4.31 Å². The first-order valence-electron chi connectivity index (χ1n) is 7.44. The summed E-state index contributed by atoms with van der Waals surface area (Å²) in [6.45, 7) is 6.39. The maximum atomic E-state index is 12.1. The van der Waals surface area contributed by atoms with E-state index in [0.717, 1.165) is 11.1 Å². The van der Waals surface area contributed by atoms with Crippen molar-refractivity contribution < 1.29 is 13.2 Å². The predicted molar refractivity (Wildman–Crippen MR) is 86.5 cm³/mol. The molecular formula is C15H23N3O3S. The normalized spacial score (nSPS) is 16.5. The molecule has 0 radical (unpaired) electrons. The van der Waals surface area contributed by atoms with Crippen LogP contribution in [0.15, 0.2) is 18.2 Å².